The van der Waals surface area contributed by atoms with Crippen LogP contribution in [0.1, 0.15) is 31.9 Å². The second-order valence-electron chi connectivity index (χ2n) is 5.94. The number of hydrogen-bond donors (Lipinski definition) is 1. The van der Waals surface area contributed by atoms with E-state index in [1.165, 1.54) is 48.5 Å². The van der Waals surface area contributed by atoms with Crippen LogP contribution in [0.25, 0.3) is 0 Å². The number of nitrogens with zero attached hydrogens (tertiary/aromatic N) is 1. The predicted molar refractivity (Wildman–Crippen MR) is 105 cm³/mol. The summed E-state index contributed by atoms with van der Waals surface area (Å²) in [6, 6.07) is 10.2. The van der Waals surface area contributed by atoms with Crippen molar-refractivity contribution in [3.63, 3.8) is 0 Å². The lowest BCUT2D eigenvalue weighted by Crippen LogP contribution is -2.30. The summed E-state index contributed by atoms with van der Waals surface area (Å²) in [5.41, 5.74) is 0.0680. The standard InChI is InChI=1S/C19H22N2O7S/c1-3-27-16-8-10-17(11-9-16)29(25,26)20-18(13-19(22)28-4-2)14-6-5-7-15(12-14)21(23)24/h5-12,18,20H,3-4,13H2,1-2H3/t18-/m1/s1. The van der Waals surface area contributed by atoms with Crippen LogP contribution in [0.4, 0.5) is 5.69 Å². The molecule has 156 valence electrons. The number of nitro benzene ring substituents is 1. The Kier molecular flexibility index (Phi) is 7.68. The maximum absolute atomic E-state index is 12.8. The van der Waals surface area contributed by atoms with Gasteiger partial charge in [-0.15, -0.1) is 0 Å². The van der Waals surface area contributed by atoms with Crippen LogP contribution in [0.2, 0.25) is 0 Å². The lowest BCUT2D eigenvalue weighted by atomic mass is 10.0. The Morgan fingerprint density at radius 2 is 1.83 bits per heavy atom. The first-order valence-corrected chi connectivity index (χ1v) is 10.4. The number of nitrogens with one attached hydrogen (secondary N) is 1. The summed E-state index contributed by atoms with van der Waals surface area (Å²) in [7, 11) is -4.02. The number of esters is 1. The van der Waals surface area contributed by atoms with Crippen molar-refractivity contribution >= 4 is 21.7 Å². The van der Waals surface area contributed by atoms with Gasteiger partial charge in [0, 0.05) is 12.1 Å². The smallest absolute Gasteiger partial charge is 0.307 e. The molecule has 1 atom stereocenters. The highest BCUT2D eigenvalue weighted by molar-refractivity contribution is 7.89. The maximum Gasteiger partial charge on any atom is 0.307 e. The van der Waals surface area contributed by atoms with Gasteiger partial charge in [0.2, 0.25) is 10.0 Å². The number of benzene rings is 2. The minimum Gasteiger partial charge on any atom is -0.494 e. The third-order valence-electron chi connectivity index (χ3n) is 3.90. The van der Waals surface area contributed by atoms with Gasteiger partial charge in [-0.2, -0.15) is 0 Å². The van der Waals surface area contributed by atoms with E-state index in [1.807, 2.05) is 6.92 Å². The van der Waals surface area contributed by atoms with Gasteiger partial charge in [-0.05, 0) is 43.7 Å². The van der Waals surface area contributed by atoms with Crippen molar-refractivity contribution in [3.8, 4) is 5.75 Å². The molecule has 0 heterocycles. The van der Waals surface area contributed by atoms with Gasteiger partial charge in [0.05, 0.1) is 35.5 Å². The average molecular weight is 422 g/mol. The molecule has 2 aromatic rings. The first kappa shape index (κ1) is 22.3. The Balaban J connectivity index is 2.34. The lowest BCUT2D eigenvalue weighted by molar-refractivity contribution is -0.384. The number of nitro groups is 1. The third-order valence-corrected chi connectivity index (χ3v) is 5.39. The van der Waals surface area contributed by atoms with Gasteiger partial charge in [-0.25, -0.2) is 13.1 Å². The van der Waals surface area contributed by atoms with E-state index in [9.17, 15) is 23.3 Å². The molecule has 0 radical (unpaired) electrons. The summed E-state index contributed by atoms with van der Waals surface area (Å²) >= 11 is 0. The van der Waals surface area contributed by atoms with Crippen molar-refractivity contribution in [3.05, 3.63) is 64.2 Å². The fraction of sp³-hybridized carbons (Fsp3) is 0.316. The molecule has 0 spiro atoms. The molecule has 29 heavy (non-hydrogen) atoms. The van der Waals surface area contributed by atoms with E-state index >= 15 is 0 Å². The molecule has 0 unspecified atom stereocenters. The van der Waals surface area contributed by atoms with E-state index in [2.05, 4.69) is 4.72 Å². The Bertz CT molecular complexity index is 959. The molecule has 0 saturated heterocycles. The number of rotatable bonds is 10. The molecule has 10 heteroatoms. The second-order valence-corrected chi connectivity index (χ2v) is 7.65. The Morgan fingerprint density at radius 3 is 2.41 bits per heavy atom. The summed E-state index contributed by atoms with van der Waals surface area (Å²) in [6.45, 7) is 4.01. The number of carbonyl (C=O) groups excluding carboxylic acids is 1. The highest BCUT2D eigenvalue weighted by Gasteiger charge is 2.25. The molecule has 0 amide bonds. The monoisotopic (exact) mass is 422 g/mol. The van der Waals surface area contributed by atoms with Crippen molar-refractivity contribution in [2.24, 2.45) is 0 Å². The van der Waals surface area contributed by atoms with Crippen molar-refractivity contribution in [2.75, 3.05) is 13.2 Å². The molecule has 0 saturated carbocycles. The quantitative estimate of drug-likeness (QED) is 0.354. The number of sulfonamides is 1. The third kappa shape index (κ3) is 6.26. The van der Waals surface area contributed by atoms with Crippen LogP contribution in [0.15, 0.2) is 53.4 Å². The van der Waals surface area contributed by atoms with Crippen LogP contribution in [-0.2, 0) is 19.6 Å². The normalized spacial score (nSPS) is 12.2. The summed E-state index contributed by atoms with van der Waals surface area (Å²) in [5, 5.41) is 11.1. The number of ether oxygens (including phenoxy) is 2. The van der Waals surface area contributed by atoms with E-state index in [-0.39, 0.29) is 29.2 Å². The molecule has 0 aliphatic rings. The minimum absolute atomic E-state index is 0.0276. The van der Waals surface area contributed by atoms with Crippen molar-refractivity contribution in [1.82, 2.24) is 4.72 Å². The van der Waals surface area contributed by atoms with Gasteiger partial charge in [0.25, 0.3) is 5.69 Å². The van der Waals surface area contributed by atoms with Crippen LogP contribution in [0, 0.1) is 10.1 Å². The second kappa shape index (κ2) is 9.99. The SMILES string of the molecule is CCOC(=O)C[C@@H](NS(=O)(=O)c1ccc(OCC)cc1)c1cccc([N+](=O)[O-])c1. The zero-order chi connectivity index (χ0) is 21.4. The first-order chi connectivity index (χ1) is 13.8. The highest BCUT2D eigenvalue weighted by atomic mass is 32.2. The fourth-order valence-electron chi connectivity index (χ4n) is 2.61. The Labute approximate surface area is 168 Å². The Morgan fingerprint density at radius 1 is 1.14 bits per heavy atom. The molecule has 0 aromatic heterocycles. The van der Waals surface area contributed by atoms with Crippen molar-refractivity contribution < 1.29 is 27.6 Å². The zero-order valence-corrected chi connectivity index (χ0v) is 16.8. The molecule has 9 nitrogen and oxygen atoms in total. The van der Waals surface area contributed by atoms with Crippen molar-refractivity contribution in [2.45, 2.75) is 31.2 Å². The summed E-state index contributed by atoms with van der Waals surface area (Å²) < 4.78 is 38.3. The summed E-state index contributed by atoms with van der Waals surface area (Å²) in [4.78, 5) is 22.4. The highest BCUT2D eigenvalue weighted by Crippen LogP contribution is 2.25. The molecule has 0 aliphatic carbocycles. The maximum atomic E-state index is 12.8. The molecule has 0 aliphatic heterocycles. The van der Waals surface area contributed by atoms with Gasteiger partial charge in [0.1, 0.15) is 5.75 Å². The van der Waals surface area contributed by atoms with Gasteiger partial charge in [-0.3, -0.25) is 14.9 Å². The molecule has 0 fully saturated rings. The summed E-state index contributed by atoms with van der Waals surface area (Å²) in [6.07, 6.45) is -0.314. The topological polar surface area (TPSA) is 125 Å². The van der Waals surface area contributed by atoms with E-state index in [1.54, 1.807) is 6.92 Å². The molecule has 0 bridgehead atoms. The van der Waals surface area contributed by atoms with Crippen LogP contribution in [-0.4, -0.2) is 32.5 Å². The summed E-state index contributed by atoms with van der Waals surface area (Å²) in [5.74, 6) is -0.105. The van der Waals surface area contributed by atoms with E-state index in [0.29, 0.717) is 12.4 Å². The lowest BCUT2D eigenvalue weighted by Gasteiger charge is -2.18. The first-order valence-electron chi connectivity index (χ1n) is 8.92. The van der Waals surface area contributed by atoms with E-state index < -0.39 is 27.0 Å². The zero-order valence-electron chi connectivity index (χ0n) is 16.0. The van der Waals surface area contributed by atoms with Crippen LogP contribution in [0.3, 0.4) is 0 Å². The van der Waals surface area contributed by atoms with Gasteiger partial charge in [0.15, 0.2) is 0 Å². The predicted octanol–water partition coefficient (Wildman–Crippen LogP) is 2.97. The minimum atomic E-state index is -4.02. The average Bonchev–Trinajstić information content (AvgIpc) is 2.68. The molecule has 1 N–H and O–H groups in total. The van der Waals surface area contributed by atoms with Crippen LogP contribution >= 0.6 is 0 Å². The van der Waals surface area contributed by atoms with Crippen molar-refractivity contribution in [1.29, 1.82) is 0 Å². The fourth-order valence-corrected chi connectivity index (χ4v) is 3.83. The largest absolute Gasteiger partial charge is 0.494 e. The van der Waals surface area contributed by atoms with E-state index in [0.717, 1.165) is 0 Å². The molecule has 2 rings (SSSR count). The van der Waals surface area contributed by atoms with Gasteiger partial charge >= 0.3 is 5.97 Å². The van der Waals surface area contributed by atoms with E-state index in [4.69, 9.17) is 9.47 Å². The van der Waals surface area contributed by atoms with Crippen LogP contribution in [0.5, 0.6) is 5.75 Å². The number of hydrogen-bond acceptors (Lipinski definition) is 7. The molecule has 2 aromatic carbocycles. The molecular formula is C19H22N2O7S. The van der Waals surface area contributed by atoms with Crippen LogP contribution < -0.4 is 9.46 Å². The Hall–Kier alpha value is -2.98. The van der Waals surface area contributed by atoms with Gasteiger partial charge in [-0.1, -0.05) is 12.1 Å². The number of non-ortho nitro benzene ring substituents is 1. The number of carbonyl (C=O) groups is 1. The molecular weight excluding hydrogens is 400 g/mol. The van der Waals surface area contributed by atoms with Gasteiger partial charge < -0.3 is 9.47 Å².